The summed E-state index contributed by atoms with van der Waals surface area (Å²) in [5, 5.41) is 16.4. The van der Waals surface area contributed by atoms with Crippen molar-refractivity contribution >= 4 is 11.8 Å². The predicted octanol–water partition coefficient (Wildman–Crippen LogP) is 2.72. The average Bonchev–Trinajstić information content (AvgIpc) is 2.84. The van der Waals surface area contributed by atoms with E-state index in [1.54, 1.807) is 0 Å². The molecule has 2 rings (SSSR count). The minimum Gasteiger partial charge on any atom is -0.262 e. The number of hydrogen-bond donors (Lipinski definition) is 1. The van der Waals surface area contributed by atoms with Crippen LogP contribution in [0.25, 0.3) is 0 Å². The van der Waals surface area contributed by atoms with E-state index < -0.39 is 0 Å². The Morgan fingerprint density at radius 1 is 1.41 bits per heavy atom. The van der Waals surface area contributed by atoms with E-state index in [9.17, 15) is 0 Å². The minimum atomic E-state index is -0.267. The molecule has 1 unspecified atom stereocenters. The van der Waals surface area contributed by atoms with E-state index in [-0.39, 0.29) is 5.25 Å². The Labute approximate surface area is 104 Å². The number of nitriles is 1. The zero-order chi connectivity index (χ0) is 12.1. The SMILES string of the molecule is CCc1nc(SC(C#N)c2ccccc2)n[nH]1. The van der Waals surface area contributed by atoms with Gasteiger partial charge in [-0.3, -0.25) is 5.10 Å². The molecular formula is C12H12N4S. The van der Waals surface area contributed by atoms with Gasteiger partial charge in [0.05, 0.1) is 6.07 Å². The predicted molar refractivity (Wildman–Crippen MR) is 66.4 cm³/mol. The summed E-state index contributed by atoms with van der Waals surface area (Å²) in [6.07, 6.45) is 0.816. The van der Waals surface area contributed by atoms with Crippen LogP contribution in [0.5, 0.6) is 0 Å². The molecule has 0 saturated heterocycles. The Kier molecular flexibility index (Phi) is 3.78. The fourth-order valence-electron chi connectivity index (χ4n) is 1.39. The number of aromatic nitrogens is 3. The van der Waals surface area contributed by atoms with Crippen LogP contribution in [0.4, 0.5) is 0 Å². The van der Waals surface area contributed by atoms with Gasteiger partial charge in [0.25, 0.3) is 0 Å². The van der Waals surface area contributed by atoms with Crippen molar-refractivity contribution in [1.82, 2.24) is 15.2 Å². The van der Waals surface area contributed by atoms with Crippen LogP contribution in [-0.4, -0.2) is 15.2 Å². The Hall–Kier alpha value is -1.80. The second kappa shape index (κ2) is 5.51. The fourth-order valence-corrected chi connectivity index (χ4v) is 2.21. The second-order valence-electron chi connectivity index (χ2n) is 3.46. The molecule has 1 aromatic heterocycles. The summed E-state index contributed by atoms with van der Waals surface area (Å²) in [7, 11) is 0. The van der Waals surface area contributed by atoms with Gasteiger partial charge < -0.3 is 0 Å². The van der Waals surface area contributed by atoms with Crippen LogP contribution in [0, 0.1) is 11.3 Å². The minimum absolute atomic E-state index is 0.267. The van der Waals surface area contributed by atoms with Gasteiger partial charge in [-0.1, -0.05) is 49.0 Å². The van der Waals surface area contributed by atoms with Gasteiger partial charge in [0.15, 0.2) is 0 Å². The molecule has 0 aliphatic carbocycles. The summed E-state index contributed by atoms with van der Waals surface area (Å²) in [6, 6.07) is 11.9. The highest BCUT2D eigenvalue weighted by Crippen LogP contribution is 2.32. The summed E-state index contributed by atoms with van der Waals surface area (Å²) < 4.78 is 0. The number of benzene rings is 1. The van der Waals surface area contributed by atoms with E-state index in [0.717, 1.165) is 17.8 Å². The average molecular weight is 244 g/mol. The van der Waals surface area contributed by atoms with Gasteiger partial charge in [-0.25, -0.2) is 4.98 Å². The highest BCUT2D eigenvalue weighted by atomic mass is 32.2. The molecule has 2 aromatic rings. The van der Waals surface area contributed by atoms with E-state index in [2.05, 4.69) is 21.3 Å². The third-order valence-electron chi connectivity index (χ3n) is 2.29. The molecule has 1 N–H and O–H groups in total. The molecule has 0 fully saturated rings. The first kappa shape index (κ1) is 11.7. The Balaban J connectivity index is 2.13. The molecule has 0 spiro atoms. The number of H-pyrrole nitrogens is 1. The van der Waals surface area contributed by atoms with Crippen LogP contribution in [0.1, 0.15) is 23.6 Å². The Morgan fingerprint density at radius 2 is 2.18 bits per heavy atom. The molecule has 0 saturated carbocycles. The summed E-state index contributed by atoms with van der Waals surface area (Å²) in [5.41, 5.74) is 0.975. The first-order valence-corrected chi connectivity index (χ1v) is 6.24. The lowest BCUT2D eigenvalue weighted by Gasteiger charge is -2.05. The molecule has 0 radical (unpaired) electrons. The van der Waals surface area contributed by atoms with Gasteiger partial charge in [-0.2, -0.15) is 5.26 Å². The van der Waals surface area contributed by atoms with Gasteiger partial charge in [0, 0.05) is 6.42 Å². The Morgan fingerprint density at radius 3 is 2.76 bits per heavy atom. The van der Waals surface area contributed by atoms with Gasteiger partial charge in [0.1, 0.15) is 11.1 Å². The van der Waals surface area contributed by atoms with Crippen molar-refractivity contribution in [2.45, 2.75) is 23.8 Å². The highest BCUT2D eigenvalue weighted by Gasteiger charge is 2.14. The molecule has 4 nitrogen and oxygen atoms in total. The van der Waals surface area contributed by atoms with E-state index >= 15 is 0 Å². The van der Waals surface area contributed by atoms with Crippen LogP contribution in [0.15, 0.2) is 35.5 Å². The summed E-state index contributed by atoms with van der Waals surface area (Å²) >= 11 is 1.36. The number of nitrogens with one attached hydrogen (secondary N) is 1. The zero-order valence-corrected chi connectivity index (χ0v) is 10.2. The second-order valence-corrected chi connectivity index (χ2v) is 4.53. The van der Waals surface area contributed by atoms with Crippen LogP contribution in [0.2, 0.25) is 0 Å². The van der Waals surface area contributed by atoms with Gasteiger partial charge >= 0.3 is 0 Å². The lowest BCUT2D eigenvalue weighted by molar-refractivity contribution is 0.940. The maximum absolute atomic E-state index is 9.17. The van der Waals surface area contributed by atoms with Crippen molar-refractivity contribution in [3.63, 3.8) is 0 Å². The Bertz CT molecular complexity index is 515. The van der Waals surface area contributed by atoms with Crippen molar-refractivity contribution < 1.29 is 0 Å². The van der Waals surface area contributed by atoms with Crippen LogP contribution in [0.3, 0.4) is 0 Å². The smallest absolute Gasteiger partial charge is 0.210 e. The molecule has 1 atom stereocenters. The molecule has 17 heavy (non-hydrogen) atoms. The highest BCUT2D eigenvalue weighted by molar-refractivity contribution is 7.99. The number of rotatable bonds is 4. The first-order valence-electron chi connectivity index (χ1n) is 5.36. The number of hydrogen-bond acceptors (Lipinski definition) is 4. The van der Waals surface area contributed by atoms with E-state index in [1.807, 2.05) is 37.3 Å². The summed E-state index contributed by atoms with van der Waals surface area (Å²) in [5.74, 6) is 0.845. The maximum atomic E-state index is 9.17. The van der Waals surface area contributed by atoms with Crippen molar-refractivity contribution in [2.24, 2.45) is 0 Å². The quantitative estimate of drug-likeness (QED) is 0.840. The standard InChI is InChI=1S/C12H12N4S/c1-2-11-14-12(16-15-11)17-10(8-13)9-6-4-3-5-7-9/h3-7,10H,2H2,1H3,(H,14,15,16). The molecule has 0 aliphatic heterocycles. The zero-order valence-electron chi connectivity index (χ0n) is 9.42. The first-order chi connectivity index (χ1) is 8.33. The largest absolute Gasteiger partial charge is 0.262 e. The van der Waals surface area contributed by atoms with Crippen LogP contribution in [-0.2, 0) is 6.42 Å². The number of aryl methyl sites for hydroxylation is 1. The molecule has 1 heterocycles. The lowest BCUT2D eigenvalue weighted by atomic mass is 10.2. The molecule has 0 amide bonds. The number of aromatic amines is 1. The number of nitrogens with zero attached hydrogens (tertiary/aromatic N) is 3. The number of thioether (sulfide) groups is 1. The molecule has 86 valence electrons. The van der Waals surface area contributed by atoms with E-state index in [1.165, 1.54) is 11.8 Å². The molecule has 0 bridgehead atoms. The van der Waals surface area contributed by atoms with Crippen molar-refractivity contribution in [3.8, 4) is 6.07 Å². The van der Waals surface area contributed by atoms with Crippen molar-refractivity contribution in [1.29, 1.82) is 5.26 Å². The summed E-state index contributed by atoms with van der Waals surface area (Å²) in [6.45, 7) is 2.01. The van der Waals surface area contributed by atoms with Crippen molar-refractivity contribution in [2.75, 3.05) is 0 Å². The topological polar surface area (TPSA) is 65.4 Å². The normalized spacial score (nSPS) is 12.0. The third-order valence-corrected chi connectivity index (χ3v) is 3.30. The van der Waals surface area contributed by atoms with Crippen LogP contribution < -0.4 is 0 Å². The fraction of sp³-hybridized carbons (Fsp3) is 0.250. The van der Waals surface area contributed by atoms with Gasteiger partial charge in [-0.05, 0) is 5.56 Å². The molecule has 0 aliphatic rings. The van der Waals surface area contributed by atoms with Gasteiger partial charge in [0.2, 0.25) is 5.16 Å². The van der Waals surface area contributed by atoms with E-state index in [4.69, 9.17) is 5.26 Å². The molecule has 1 aromatic carbocycles. The molecular weight excluding hydrogens is 232 g/mol. The van der Waals surface area contributed by atoms with Crippen molar-refractivity contribution in [3.05, 3.63) is 41.7 Å². The summed E-state index contributed by atoms with van der Waals surface area (Å²) in [4.78, 5) is 4.29. The molecule has 5 heteroatoms. The van der Waals surface area contributed by atoms with Crippen LogP contribution >= 0.6 is 11.8 Å². The monoisotopic (exact) mass is 244 g/mol. The maximum Gasteiger partial charge on any atom is 0.210 e. The lowest BCUT2D eigenvalue weighted by Crippen LogP contribution is -1.91. The third kappa shape index (κ3) is 2.86. The van der Waals surface area contributed by atoms with E-state index in [0.29, 0.717) is 5.16 Å². The van der Waals surface area contributed by atoms with Gasteiger partial charge in [-0.15, -0.1) is 5.10 Å².